The van der Waals surface area contributed by atoms with Gasteiger partial charge in [-0.15, -0.1) is 0 Å². The van der Waals surface area contributed by atoms with Crippen LogP contribution in [-0.4, -0.2) is 25.2 Å². The van der Waals surface area contributed by atoms with E-state index >= 15 is 0 Å². The van der Waals surface area contributed by atoms with E-state index < -0.39 is 22.5 Å². The van der Waals surface area contributed by atoms with E-state index in [0.717, 1.165) is 16.3 Å². The minimum atomic E-state index is -4.05. The Hall–Kier alpha value is -2.09. The van der Waals surface area contributed by atoms with Gasteiger partial charge in [0.05, 0.1) is 11.4 Å². The van der Waals surface area contributed by atoms with Crippen molar-refractivity contribution in [2.45, 2.75) is 24.8 Å². The van der Waals surface area contributed by atoms with Gasteiger partial charge >= 0.3 is 0 Å². The molecule has 3 aromatic rings. The minimum Gasteiger partial charge on any atom is -0.325 e. The standard InChI is InChI=1S/C23H21Cl3N2O3S/c1-2-16-6-10-18(11-7-16)27-23(29)15-28(14-20-21(25)4-3-5-22(20)26)32(30,31)19-12-8-17(24)9-13-19/h3-13H,2,14-15H2,1H3,(H,27,29). The number of anilines is 1. The summed E-state index contributed by atoms with van der Waals surface area (Å²) < 4.78 is 27.8. The maximum Gasteiger partial charge on any atom is 0.243 e. The van der Waals surface area contributed by atoms with Crippen LogP contribution in [0.1, 0.15) is 18.1 Å². The number of nitrogens with zero attached hydrogens (tertiary/aromatic N) is 1. The third-order valence-electron chi connectivity index (χ3n) is 4.81. The summed E-state index contributed by atoms with van der Waals surface area (Å²) in [4.78, 5) is 12.8. The number of sulfonamides is 1. The van der Waals surface area contributed by atoms with Crippen LogP contribution in [0.25, 0.3) is 0 Å². The first kappa shape index (κ1) is 24.6. The molecule has 3 aromatic carbocycles. The SMILES string of the molecule is CCc1ccc(NC(=O)CN(Cc2c(Cl)cccc2Cl)S(=O)(=O)c2ccc(Cl)cc2)cc1. The normalized spacial score (nSPS) is 11.5. The summed E-state index contributed by atoms with van der Waals surface area (Å²) >= 11 is 18.4. The maximum atomic E-state index is 13.4. The smallest absolute Gasteiger partial charge is 0.243 e. The molecule has 0 saturated heterocycles. The number of benzene rings is 3. The molecule has 0 atom stereocenters. The van der Waals surface area contributed by atoms with E-state index in [9.17, 15) is 13.2 Å². The fraction of sp³-hybridized carbons (Fsp3) is 0.174. The lowest BCUT2D eigenvalue weighted by Gasteiger charge is -2.23. The van der Waals surface area contributed by atoms with Crippen molar-refractivity contribution in [3.05, 3.63) is 92.9 Å². The van der Waals surface area contributed by atoms with Gasteiger partial charge in [0.25, 0.3) is 0 Å². The number of carbonyl (C=O) groups is 1. The predicted molar refractivity (Wildman–Crippen MR) is 130 cm³/mol. The van der Waals surface area contributed by atoms with Crippen LogP contribution < -0.4 is 5.32 Å². The van der Waals surface area contributed by atoms with E-state index in [0.29, 0.717) is 26.3 Å². The largest absolute Gasteiger partial charge is 0.325 e. The van der Waals surface area contributed by atoms with Crippen molar-refractivity contribution >= 4 is 56.4 Å². The molecule has 0 aromatic heterocycles. The molecule has 3 rings (SSSR count). The number of amides is 1. The molecule has 0 heterocycles. The van der Waals surface area contributed by atoms with Crippen LogP contribution in [0.4, 0.5) is 5.69 Å². The van der Waals surface area contributed by atoms with Gasteiger partial charge < -0.3 is 5.32 Å². The van der Waals surface area contributed by atoms with E-state index in [2.05, 4.69) is 5.32 Å². The van der Waals surface area contributed by atoms with Crippen LogP contribution in [0.2, 0.25) is 15.1 Å². The molecule has 0 fully saturated rings. The van der Waals surface area contributed by atoms with Gasteiger partial charge in [-0.1, -0.05) is 59.9 Å². The van der Waals surface area contributed by atoms with Crippen LogP contribution in [0.15, 0.2) is 71.6 Å². The van der Waals surface area contributed by atoms with E-state index in [1.807, 2.05) is 19.1 Å². The molecule has 0 aliphatic rings. The topological polar surface area (TPSA) is 66.5 Å². The Kier molecular flexibility index (Phi) is 8.20. The molecule has 0 spiro atoms. The molecule has 1 amide bonds. The Balaban J connectivity index is 1.90. The van der Waals surface area contributed by atoms with E-state index in [1.165, 1.54) is 24.3 Å². The zero-order valence-electron chi connectivity index (χ0n) is 17.2. The molecule has 9 heteroatoms. The van der Waals surface area contributed by atoms with E-state index in [-0.39, 0.29) is 11.4 Å². The summed E-state index contributed by atoms with van der Waals surface area (Å²) in [6.07, 6.45) is 0.875. The first-order chi connectivity index (χ1) is 15.2. The van der Waals surface area contributed by atoms with Gasteiger partial charge in [-0.25, -0.2) is 8.42 Å². The number of carbonyl (C=O) groups excluding carboxylic acids is 1. The lowest BCUT2D eigenvalue weighted by atomic mass is 10.1. The van der Waals surface area contributed by atoms with Crippen LogP contribution >= 0.6 is 34.8 Å². The van der Waals surface area contributed by atoms with Gasteiger partial charge in [0.1, 0.15) is 0 Å². The highest BCUT2D eigenvalue weighted by Crippen LogP contribution is 2.28. The van der Waals surface area contributed by atoms with Gasteiger partial charge in [-0.3, -0.25) is 4.79 Å². The zero-order valence-corrected chi connectivity index (χ0v) is 20.3. The molecule has 0 saturated carbocycles. The van der Waals surface area contributed by atoms with Crippen molar-refractivity contribution < 1.29 is 13.2 Å². The monoisotopic (exact) mass is 510 g/mol. The van der Waals surface area contributed by atoms with Gasteiger partial charge in [0.2, 0.25) is 15.9 Å². The van der Waals surface area contributed by atoms with Crippen molar-refractivity contribution in [2.75, 3.05) is 11.9 Å². The summed E-state index contributed by atoms with van der Waals surface area (Å²) in [5, 5.41) is 3.76. The van der Waals surface area contributed by atoms with Crippen molar-refractivity contribution in [2.24, 2.45) is 0 Å². The highest BCUT2D eigenvalue weighted by Gasteiger charge is 2.28. The molecular formula is C23H21Cl3N2O3S. The van der Waals surface area contributed by atoms with E-state index in [4.69, 9.17) is 34.8 Å². The summed E-state index contributed by atoms with van der Waals surface area (Å²) in [5.74, 6) is -0.491. The lowest BCUT2D eigenvalue weighted by Crippen LogP contribution is -2.37. The molecule has 32 heavy (non-hydrogen) atoms. The second kappa shape index (κ2) is 10.7. The van der Waals surface area contributed by atoms with Gasteiger partial charge in [-0.2, -0.15) is 4.31 Å². The Morgan fingerprint density at radius 2 is 1.50 bits per heavy atom. The number of halogens is 3. The molecular weight excluding hydrogens is 491 g/mol. The zero-order chi connectivity index (χ0) is 23.3. The summed E-state index contributed by atoms with van der Waals surface area (Å²) in [7, 11) is -4.05. The fourth-order valence-electron chi connectivity index (χ4n) is 3.03. The number of hydrogen-bond donors (Lipinski definition) is 1. The van der Waals surface area contributed by atoms with Crippen molar-refractivity contribution in [3.63, 3.8) is 0 Å². The van der Waals surface area contributed by atoms with Crippen molar-refractivity contribution in [1.82, 2.24) is 4.31 Å². The number of nitrogens with one attached hydrogen (secondary N) is 1. The highest BCUT2D eigenvalue weighted by molar-refractivity contribution is 7.89. The molecule has 0 unspecified atom stereocenters. The molecule has 0 aliphatic heterocycles. The lowest BCUT2D eigenvalue weighted by molar-refractivity contribution is -0.116. The Bertz CT molecular complexity index is 1180. The number of aryl methyl sites for hydroxylation is 1. The number of hydrogen-bond acceptors (Lipinski definition) is 3. The summed E-state index contributed by atoms with van der Waals surface area (Å²) in [5.41, 5.74) is 2.11. The average Bonchev–Trinajstić information content (AvgIpc) is 2.76. The Morgan fingerprint density at radius 1 is 0.906 bits per heavy atom. The molecule has 1 N–H and O–H groups in total. The summed E-state index contributed by atoms with van der Waals surface area (Å²) in [6, 6.07) is 18.0. The third-order valence-corrected chi connectivity index (χ3v) is 7.58. The second-order valence-electron chi connectivity index (χ2n) is 7.03. The van der Waals surface area contributed by atoms with Crippen LogP contribution in [0, 0.1) is 0 Å². The molecule has 5 nitrogen and oxygen atoms in total. The predicted octanol–water partition coefficient (Wildman–Crippen LogP) is 6.04. The second-order valence-corrected chi connectivity index (χ2v) is 10.2. The number of rotatable bonds is 8. The average molecular weight is 512 g/mol. The fourth-order valence-corrected chi connectivity index (χ4v) is 5.03. The highest BCUT2D eigenvalue weighted by atomic mass is 35.5. The van der Waals surface area contributed by atoms with Gasteiger partial charge in [0, 0.05) is 32.9 Å². The minimum absolute atomic E-state index is 0.00479. The molecule has 168 valence electrons. The van der Waals surface area contributed by atoms with Crippen LogP contribution in [0.3, 0.4) is 0 Å². The van der Waals surface area contributed by atoms with Crippen LogP contribution in [-0.2, 0) is 27.8 Å². The first-order valence-corrected chi connectivity index (χ1v) is 12.4. The van der Waals surface area contributed by atoms with Crippen molar-refractivity contribution in [1.29, 1.82) is 0 Å². The molecule has 0 radical (unpaired) electrons. The van der Waals surface area contributed by atoms with E-state index in [1.54, 1.807) is 30.3 Å². The summed E-state index contributed by atoms with van der Waals surface area (Å²) in [6.45, 7) is 1.43. The third kappa shape index (κ3) is 6.03. The van der Waals surface area contributed by atoms with Gasteiger partial charge in [-0.05, 0) is 60.5 Å². The molecule has 0 aliphatic carbocycles. The molecule has 0 bridgehead atoms. The van der Waals surface area contributed by atoms with Crippen molar-refractivity contribution in [3.8, 4) is 0 Å². The Morgan fingerprint density at radius 3 is 2.06 bits per heavy atom. The first-order valence-electron chi connectivity index (χ1n) is 9.78. The van der Waals surface area contributed by atoms with Gasteiger partial charge in [0.15, 0.2) is 0 Å². The maximum absolute atomic E-state index is 13.4. The quantitative estimate of drug-likeness (QED) is 0.401. The van der Waals surface area contributed by atoms with Crippen LogP contribution in [0.5, 0.6) is 0 Å². The Labute approximate surface area is 203 Å².